The maximum atomic E-state index is 13.0. The molecule has 1 aromatic heterocycles. The number of carbonyl (C=O) groups is 1. The summed E-state index contributed by atoms with van der Waals surface area (Å²) >= 11 is 0. The van der Waals surface area contributed by atoms with Crippen LogP contribution in [0.3, 0.4) is 0 Å². The number of aliphatic hydroxyl groups is 1. The standard InChI is InChI=1S/C27H30N3O4/c1-34-25-15-21-18(13-20(28-21)16-9-11-27(32,12-10-16)19-7-8-19)14-22(25)29-26(31)24-4-2-3-23(30(24)33)17-5-6-17/h2-4,13-17,19,32H,5-12H2,1H3,(H,31,33)/q+1/p+1. The maximum Gasteiger partial charge on any atom is 0.338 e. The molecule has 7 nitrogen and oxygen atoms in total. The van der Waals surface area contributed by atoms with Gasteiger partial charge in [-0.3, -0.25) is 10.0 Å². The van der Waals surface area contributed by atoms with Gasteiger partial charge in [-0.15, -0.1) is 0 Å². The summed E-state index contributed by atoms with van der Waals surface area (Å²) in [4.78, 5) is 13.0. The summed E-state index contributed by atoms with van der Waals surface area (Å²) in [5.74, 6) is 1.29. The van der Waals surface area contributed by atoms with Gasteiger partial charge in [0.1, 0.15) is 5.75 Å². The zero-order valence-electron chi connectivity index (χ0n) is 19.5. The minimum Gasteiger partial charge on any atom is -0.494 e. The number of methoxy groups -OCH3 is 1. The first kappa shape index (κ1) is 21.4. The fraction of sp³-hybridized carbons (Fsp3) is 0.481. The molecule has 3 N–H and O–H groups in total. The lowest BCUT2D eigenvalue weighted by molar-refractivity contribution is -0.910. The van der Waals surface area contributed by atoms with Crippen LogP contribution in [0.15, 0.2) is 30.3 Å². The van der Waals surface area contributed by atoms with E-state index < -0.39 is 11.5 Å². The fourth-order valence-corrected chi connectivity index (χ4v) is 5.61. The van der Waals surface area contributed by atoms with Crippen LogP contribution in [-0.2, 0) is 0 Å². The van der Waals surface area contributed by atoms with Gasteiger partial charge < -0.3 is 15.2 Å². The van der Waals surface area contributed by atoms with E-state index in [1.54, 1.807) is 19.2 Å². The Morgan fingerprint density at radius 1 is 1.12 bits per heavy atom. The highest BCUT2D eigenvalue weighted by molar-refractivity contribution is 6.11. The van der Waals surface area contributed by atoms with Crippen LogP contribution in [0.5, 0.6) is 5.75 Å². The van der Waals surface area contributed by atoms with Crippen molar-refractivity contribution in [1.82, 2.24) is 4.67 Å². The molecule has 3 fully saturated rings. The molecule has 0 atom stereocenters. The number of aromatic nitrogens is 1. The second-order valence-corrected chi connectivity index (χ2v) is 10.3. The lowest BCUT2D eigenvalue weighted by atomic mass is 9.74. The van der Waals surface area contributed by atoms with E-state index in [0.29, 0.717) is 29.2 Å². The molecule has 0 saturated heterocycles. The van der Waals surface area contributed by atoms with Gasteiger partial charge in [0, 0.05) is 28.9 Å². The first-order chi connectivity index (χ1) is 16.4. The number of hydrogen-bond donors (Lipinski definition) is 3. The van der Waals surface area contributed by atoms with Gasteiger partial charge in [0.2, 0.25) is 5.69 Å². The van der Waals surface area contributed by atoms with Crippen LogP contribution in [0.2, 0.25) is 0 Å². The van der Waals surface area contributed by atoms with E-state index in [-0.39, 0.29) is 5.69 Å². The Labute approximate surface area is 198 Å². The summed E-state index contributed by atoms with van der Waals surface area (Å²) in [6.45, 7) is 0. The number of hydrogen-bond acceptors (Lipinski definition) is 4. The third-order valence-electron chi connectivity index (χ3n) is 7.98. The molecule has 0 radical (unpaired) electrons. The zero-order valence-corrected chi connectivity index (χ0v) is 19.5. The summed E-state index contributed by atoms with van der Waals surface area (Å²) in [7, 11) is 1.57. The van der Waals surface area contributed by atoms with Crippen LogP contribution >= 0.6 is 0 Å². The Morgan fingerprint density at radius 3 is 2.56 bits per heavy atom. The molecule has 0 unspecified atom stereocenters. The molecule has 7 heteroatoms. The summed E-state index contributed by atoms with van der Waals surface area (Å²) in [5.41, 5.74) is 2.08. The minimum atomic E-state index is -0.469. The van der Waals surface area contributed by atoms with Crippen molar-refractivity contribution in [3.63, 3.8) is 0 Å². The number of fused-ring (bicyclic) bond motifs is 1. The second-order valence-electron chi connectivity index (χ2n) is 10.3. The van der Waals surface area contributed by atoms with E-state index in [1.807, 2.05) is 18.2 Å². The zero-order chi connectivity index (χ0) is 23.4. The smallest absolute Gasteiger partial charge is 0.338 e. The predicted octanol–water partition coefficient (Wildman–Crippen LogP) is 1.60. The highest BCUT2D eigenvalue weighted by Crippen LogP contribution is 2.48. The van der Waals surface area contributed by atoms with Gasteiger partial charge in [0.25, 0.3) is 0 Å². The number of ether oxygens (including phenoxy) is 1. The first-order valence-corrected chi connectivity index (χ1v) is 12.4. The molecule has 1 amide bonds. The number of anilines is 1. The molecule has 0 bridgehead atoms. The summed E-state index contributed by atoms with van der Waals surface area (Å²) in [6.07, 6.45) is 10.1. The predicted molar refractivity (Wildman–Crippen MR) is 126 cm³/mol. The highest BCUT2D eigenvalue weighted by Gasteiger charge is 2.47. The molecular weight excluding hydrogens is 430 g/mol. The van der Waals surface area contributed by atoms with Gasteiger partial charge in [0.15, 0.2) is 0 Å². The summed E-state index contributed by atoms with van der Waals surface area (Å²) < 4.78 is 11.4. The minimum absolute atomic E-state index is 0.193. The fourth-order valence-electron chi connectivity index (χ4n) is 5.61. The first-order valence-electron chi connectivity index (χ1n) is 12.4. The Bertz CT molecular complexity index is 1330. The molecule has 0 spiro atoms. The lowest BCUT2D eigenvalue weighted by Gasteiger charge is -2.34. The molecule has 2 heterocycles. The maximum absolute atomic E-state index is 13.0. The van der Waals surface area contributed by atoms with E-state index in [0.717, 1.165) is 78.1 Å². The quantitative estimate of drug-likeness (QED) is 0.346. The number of nitrogens with one attached hydrogen (secondary N) is 1. The molecule has 6 rings (SSSR count). The van der Waals surface area contributed by atoms with Gasteiger partial charge in [-0.1, -0.05) is 4.67 Å². The van der Waals surface area contributed by atoms with Crippen molar-refractivity contribution in [3.05, 3.63) is 52.3 Å². The molecule has 176 valence electrons. The van der Waals surface area contributed by atoms with Crippen LogP contribution in [0.25, 0.3) is 6.08 Å². The van der Waals surface area contributed by atoms with Crippen molar-refractivity contribution in [2.75, 3.05) is 12.4 Å². The third kappa shape index (κ3) is 3.79. The second kappa shape index (κ2) is 7.97. The van der Waals surface area contributed by atoms with Crippen LogP contribution in [0, 0.1) is 11.8 Å². The molecule has 1 aromatic carbocycles. The van der Waals surface area contributed by atoms with Crippen LogP contribution in [0.4, 0.5) is 5.69 Å². The topological polar surface area (TPSA) is 96.8 Å². The number of rotatable bonds is 6. The molecule has 34 heavy (non-hydrogen) atoms. The van der Waals surface area contributed by atoms with E-state index in [9.17, 15) is 15.1 Å². The van der Waals surface area contributed by atoms with Crippen LogP contribution in [0.1, 0.15) is 73.5 Å². The van der Waals surface area contributed by atoms with Crippen molar-refractivity contribution in [2.24, 2.45) is 11.8 Å². The largest absolute Gasteiger partial charge is 0.494 e. The average molecular weight is 462 g/mol. The Balaban J connectivity index is 1.24. The molecule has 4 aliphatic rings. The summed E-state index contributed by atoms with van der Waals surface area (Å²) in [6, 6.07) is 9.01. The van der Waals surface area contributed by atoms with Crippen molar-refractivity contribution < 1.29 is 24.6 Å². The van der Waals surface area contributed by atoms with Crippen molar-refractivity contribution >= 4 is 23.4 Å². The lowest BCUT2D eigenvalue weighted by Crippen LogP contribution is -2.43. The van der Waals surface area contributed by atoms with Gasteiger partial charge in [-0.25, -0.2) is 0 Å². The van der Waals surface area contributed by atoms with Crippen LogP contribution in [-0.4, -0.2) is 34.6 Å². The molecule has 1 aliphatic heterocycles. The van der Waals surface area contributed by atoms with Crippen molar-refractivity contribution in [1.29, 1.82) is 0 Å². The number of amides is 1. The van der Waals surface area contributed by atoms with Crippen molar-refractivity contribution in [3.8, 4) is 5.75 Å². The van der Waals surface area contributed by atoms with Gasteiger partial charge in [-0.2, -0.15) is 0 Å². The number of nitrogens with zero attached hydrogens (tertiary/aromatic N) is 2. The molecule has 3 aliphatic carbocycles. The van der Waals surface area contributed by atoms with Crippen LogP contribution < -0.4 is 30.0 Å². The van der Waals surface area contributed by atoms with Crippen molar-refractivity contribution in [2.45, 2.75) is 62.9 Å². The summed E-state index contributed by atoms with van der Waals surface area (Å²) in [5, 5.41) is 26.1. The molecular formula is C27H31N3O4+2. The van der Waals surface area contributed by atoms with E-state index in [1.165, 1.54) is 0 Å². The van der Waals surface area contributed by atoms with E-state index in [4.69, 9.17) is 9.40 Å². The Morgan fingerprint density at radius 2 is 1.88 bits per heavy atom. The number of carbonyl (C=O) groups excluding carboxylic acids is 1. The number of benzene rings is 1. The monoisotopic (exact) mass is 461 g/mol. The Kier molecular flexibility index (Phi) is 5.01. The van der Waals surface area contributed by atoms with E-state index in [2.05, 4.69) is 11.4 Å². The average Bonchev–Trinajstić information content (AvgIpc) is 3.75. The van der Waals surface area contributed by atoms with Gasteiger partial charge in [-0.05, 0) is 69.4 Å². The SMILES string of the molecule is COc1cc2c(cc1NC(=O)c1cccc(C3CC3)[n+]1O)=CC(C1CCC(O)(C3CC3)CC1)=[N+]=2. The molecule has 2 aromatic rings. The highest BCUT2D eigenvalue weighted by atomic mass is 16.5. The van der Waals surface area contributed by atoms with Gasteiger partial charge >= 0.3 is 22.7 Å². The third-order valence-corrected chi connectivity index (χ3v) is 7.98. The Hall–Kier alpha value is -3.15. The normalized spacial score (nSPS) is 25.6. The van der Waals surface area contributed by atoms with E-state index >= 15 is 0 Å². The number of pyridine rings is 1. The van der Waals surface area contributed by atoms with Gasteiger partial charge in [0.05, 0.1) is 35.6 Å². The molecule has 3 saturated carbocycles.